The number of hydrogen-bond donors (Lipinski definition) is 3. The predicted molar refractivity (Wildman–Crippen MR) is 203 cm³/mol. The minimum atomic E-state index is -0.652. The molecule has 0 radical (unpaired) electrons. The first-order valence-electron chi connectivity index (χ1n) is 21.2. The average molecular weight is 652 g/mol. The topological polar surface area (TPSA) is 69.6 Å². The molecular weight excluding hydrogens is 566 g/mol. The van der Waals surface area contributed by atoms with Crippen molar-refractivity contribution in [2.45, 2.75) is 257 Å². The number of nitrogens with one attached hydrogen (secondary N) is 1. The summed E-state index contributed by atoms with van der Waals surface area (Å²) in [5, 5.41) is 23.1. The molecule has 0 bridgehead atoms. The lowest BCUT2D eigenvalue weighted by Gasteiger charge is -2.22. The molecule has 3 N–H and O–H groups in total. The third kappa shape index (κ3) is 34.7. The minimum Gasteiger partial charge on any atom is -0.394 e. The van der Waals surface area contributed by atoms with Crippen LogP contribution in [0.5, 0.6) is 0 Å². The van der Waals surface area contributed by atoms with Crippen LogP contribution in [0.15, 0.2) is 0 Å². The lowest BCUT2D eigenvalue weighted by Crippen LogP contribution is -2.45. The lowest BCUT2D eigenvalue weighted by atomic mass is 10.0. The largest absolute Gasteiger partial charge is 0.394 e. The van der Waals surface area contributed by atoms with Crippen molar-refractivity contribution >= 4 is 5.91 Å². The molecule has 0 saturated heterocycles. The normalized spacial score (nSPS) is 12.9. The van der Waals surface area contributed by atoms with Crippen LogP contribution in [-0.4, -0.2) is 34.9 Å². The van der Waals surface area contributed by atoms with E-state index in [1.165, 1.54) is 193 Å². The highest BCUT2D eigenvalue weighted by Crippen LogP contribution is 2.17. The van der Waals surface area contributed by atoms with Crippen LogP contribution in [0.25, 0.3) is 0 Å². The molecule has 0 saturated carbocycles. The molecule has 0 aliphatic heterocycles. The van der Waals surface area contributed by atoms with Crippen LogP contribution in [0.4, 0.5) is 0 Å². The average Bonchev–Trinajstić information content (AvgIpc) is 3.06. The Morgan fingerprint density at radius 2 is 0.696 bits per heavy atom. The van der Waals surface area contributed by atoms with Gasteiger partial charge in [0.25, 0.3) is 0 Å². The Morgan fingerprint density at radius 3 is 0.978 bits per heavy atom. The van der Waals surface area contributed by atoms with Gasteiger partial charge in [0.05, 0.1) is 18.8 Å². The van der Waals surface area contributed by atoms with Crippen molar-refractivity contribution in [2.24, 2.45) is 0 Å². The third-order valence-electron chi connectivity index (χ3n) is 10.1. The Labute approximate surface area is 289 Å². The molecule has 0 spiro atoms. The Balaban J connectivity index is 3.47. The molecule has 2 unspecified atom stereocenters. The van der Waals surface area contributed by atoms with E-state index in [0.717, 1.165) is 25.7 Å². The van der Waals surface area contributed by atoms with Gasteiger partial charge in [0, 0.05) is 6.42 Å². The number of carbonyl (C=O) groups excluding carboxylic acids is 1. The fraction of sp³-hybridized carbons (Fsp3) is 0.976. The molecular formula is C42H85NO3. The first-order valence-corrected chi connectivity index (χ1v) is 21.2. The summed E-state index contributed by atoms with van der Waals surface area (Å²) in [5.74, 6) is -0.0273. The molecule has 0 aromatic carbocycles. The zero-order valence-electron chi connectivity index (χ0n) is 31.6. The van der Waals surface area contributed by atoms with E-state index in [1.54, 1.807) is 0 Å². The van der Waals surface area contributed by atoms with Gasteiger partial charge in [0.15, 0.2) is 0 Å². The molecule has 0 fully saturated rings. The Hall–Kier alpha value is -0.610. The summed E-state index contributed by atoms with van der Waals surface area (Å²) in [6.45, 7) is 4.38. The Bertz CT molecular complexity index is 583. The van der Waals surface area contributed by atoms with E-state index in [1.807, 2.05) is 0 Å². The SMILES string of the molecule is CCCCCCCCCCCCCCCCCCCCCCC(O)C(CO)NC(=O)CCCCCCCCCCCCCCCC. The van der Waals surface area contributed by atoms with Crippen LogP contribution in [0.2, 0.25) is 0 Å². The number of aliphatic hydroxyl groups is 2. The van der Waals surface area contributed by atoms with E-state index in [4.69, 9.17) is 0 Å². The van der Waals surface area contributed by atoms with Gasteiger partial charge in [-0.05, 0) is 12.8 Å². The molecule has 276 valence electrons. The molecule has 0 aromatic heterocycles. The highest BCUT2D eigenvalue weighted by Gasteiger charge is 2.20. The molecule has 0 aliphatic carbocycles. The number of aliphatic hydroxyl groups excluding tert-OH is 2. The molecule has 4 heteroatoms. The standard InChI is InChI=1S/C42H85NO3/c1-3-5-7-9-11-13-15-17-19-20-21-22-23-24-25-27-29-31-33-35-37-41(45)40(39-44)43-42(46)38-36-34-32-30-28-26-18-16-14-12-10-8-6-4-2/h40-41,44-45H,3-39H2,1-2H3,(H,43,46). The summed E-state index contributed by atoms with van der Waals surface area (Å²) < 4.78 is 0. The number of unbranched alkanes of at least 4 members (excludes halogenated alkanes) is 32. The number of hydrogen-bond acceptors (Lipinski definition) is 3. The fourth-order valence-electron chi connectivity index (χ4n) is 6.83. The van der Waals surface area contributed by atoms with Gasteiger partial charge >= 0.3 is 0 Å². The summed E-state index contributed by atoms with van der Waals surface area (Å²) >= 11 is 0. The van der Waals surface area contributed by atoms with Crippen LogP contribution in [0.1, 0.15) is 245 Å². The molecule has 46 heavy (non-hydrogen) atoms. The van der Waals surface area contributed by atoms with Crippen LogP contribution in [-0.2, 0) is 4.79 Å². The van der Waals surface area contributed by atoms with E-state index < -0.39 is 12.1 Å². The number of amides is 1. The predicted octanol–water partition coefficient (Wildman–Crippen LogP) is 12.9. The second-order valence-electron chi connectivity index (χ2n) is 14.8. The van der Waals surface area contributed by atoms with Crippen LogP contribution in [0.3, 0.4) is 0 Å². The van der Waals surface area contributed by atoms with E-state index in [-0.39, 0.29) is 12.5 Å². The van der Waals surface area contributed by atoms with Crippen molar-refractivity contribution in [3.8, 4) is 0 Å². The Kier molecular flexibility index (Phi) is 38.3. The highest BCUT2D eigenvalue weighted by atomic mass is 16.3. The second kappa shape index (κ2) is 38.8. The second-order valence-corrected chi connectivity index (χ2v) is 14.8. The number of carbonyl (C=O) groups is 1. The zero-order valence-corrected chi connectivity index (χ0v) is 31.6. The van der Waals surface area contributed by atoms with Gasteiger partial charge in [-0.3, -0.25) is 4.79 Å². The molecule has 1 amide bonds. The van der Waals surface area contributed by atoms with Crippen molar-refractivity contribution < 1.29 is 15.0 Å². The van der Waals surface area contributed by atoms with E-state index in [9.17, 15) is 15.0 Å². The maximum atomic E-state index is 12.4. The third-order valence-corrected chi connectivity index (χ3v) is 10.1. The number of rotatable bonds is 39. The van der Waals surface area contributed by atoms with Crippen molar-refractivity contribution in [1.82, 2.24) is 5.32 Å². The van der Waals surface area contributed by atoms with Crippen LogP contribution >= 0.6 is 0 Å². The summed E-state index contributed by atoms with van der Waals surface area (Å²) in [5.41, 5.74) is 0. The summed E-state index contributed by atoms with van der Waals surface area (Å²) in [6.07, 6.45) is 46.0. The molecule has 4 nitrogen and oxygen atoms in total. The molecule has 0 heterocycles. The van der Waals surface area contributed by atoms with Crippen LogP contribution in [0, 0.1) is 0 Å². The first kappa shape index (κ1) is 45.4. The summed E-state index contributed by atoms with van der Waals surface area (Å²) in [7, 11) is 0. The highest BCUT2D eigenvalue weighted by molar-refractivity contribution is 5.76. The quantitative estimate of drug-likeness (QED) is 0.0579. The summed E-state index contributed by atoms with van der Waals surface area (Å²) in [4.78, 5) is 12.4. The monoisotopic (exact) mass is 652 g/mol. The van der Waals surface area contributed by atoms with Gasteiger partial charge in [-0.15, -0.1) is 0 Å². The van der Waals surface area contributed by atoms with Crippen molar-refractivity contribution in [3.05, 3.63) is 0 Å². The molecule has 0 rings (SSSR count). The van der Waals surface area contributed by atoms with Gasteiger partial charge in [-0.25, -0.2) is 0 Å². The van der Waals surface area contributed by atoms with Gasteiger partial charge < -0.3 is 15.5 Å². The smallest absolute Gasteiger partial charge is 0.220 e. The van der Waals surface area contributed by atoms with Crippen LogP contribution < -0.4 is 5.32 Å². The molecule has 2 atom stereocenters. The molecule has 0 aromatic rings. The fourth-order valence-corrected chi connectivity index (χ4v) is 6.83. The Morgan fingerprint density at radius 1 is 0.435 bits per heavy atom. The molecule has 0 aliphatic rings. The summed E-state index contributed by atoms with van der Waals surface area (Å²) in [6, 6.07) is -0.528. The minimum absolute atomic E-state index is 0.0273. The maximum Gasteiger partial charge on any atom is 0.220 e. The van der Waals surface area contributed by atoms with Gasteiger partial charge in [0.1, 0.15) is 0 Å². The maximum absolute atomic E-state index is 12.4. The van der Waals surface area contributed by atoms with E-state index in [2.05, 4.69) is 19.2 Å². The van der Waals surface area contributed by atoms with E-state index in [0.29, 0.717) is 12.8 Å². The van der Waals surface area contributed by atoms with Crippen molar-refractivity contribution in [2.75, 3.05) is 6.61 Å². The van der Waals surface area contributed by atoms with Crippen molar-refractivity contribution in [1.29, 1.82) is 0 Å². The lowest BCUT2D eigenvalue weighted by molar-refractivity contribution is -0.123. The van der Waals surface area contributed by atoms with E-state index >= 15 is 0 Å². The van der Waals surface area contributed by atoms with Gasteiger partial charge in [-0.2, -0.15) is 0 Å². The van der Waals surface area contributed by atoms with Gasteiger partial charge in [-0.1, -0.05) is 226 Å². The van der Waals surface area contributed by atoms with Gasteiger partial charge in [0.2, 0.25) is 5.91 Å². The van der Waals surface area contributed by atoms with Crippen molar-refractivity contribution in [3.63, 3.8) is 0 Å². The zero-order chi connectivity index (χ0) is 33.6. The first-order chi connectivity index (χ1) is 22.7.